The normalized spacial score (nSPS) is 20.2. The molecule has 1 aromatic heterocycles. The highest BCUT2D eigenvalue weighted by atomic mass is 79.9. The van der Waals surface area contributed by atoms with Crippen molar-refractivity contribution in [2.24, 2.45) is 0 Å². The minimum absolute atomic E-state index is 0.141. The summed E-state index contributed by atoms with van der Waals surface area (Å²) in [5.74, 6) is 0.141. The van der Waals surface area contributed by atoms with E-state index >= 15 is 0 Å². The Kier molecular flexibility index (Phi) is 4.45. The van der Waals surface area contributed by atoms with Crippen LogP contribution < -0.4 is 5.32 Å². The lowest BCUT2D eigenvalue weighted by atomic mass is 10.2. The third-order valence-electron chi connectivity index (χ3n) is 3.20. The summed E-state index contributed by atoms with van der Waals surface area (Å²) in [5, 5.41) is 3.35. The van der Waals surface area contributed by atoms with Crippen LogP contribution in [0, 0.1) is 0 Å². The minimum atomic E-state index is 0.141. The van der Waals surface area contributed by atoms with E-state index in [4.69, 9.17) is 0 Å². The highest BCUT2D eigenvalue weighted by Crippen LogP contribution is 2.18. The molecule has 1 atom stereocenters. The molecule has 0 bridgehead atoms. The number of aryl methyl sites for hydroxylation is 1. The van der Waals surface area contributed by atoms with Crippen LogP contribution in [-0.4, -0.2) is 41.1 Å². The number of halogens is 1. The molecule has 4 nitrogen and oxygen atoms in total. The lowest BCUT2D eigenvalue weighted by Gasteiger charge is -2.32. The number of aromatic nitrogens is 1. The smallest absolute Gasteiger partial charge is 0.270 e. The molecule has 0 saturated carbocycles. The highest BCUT2D eigenvalue weighted by Gasteiger charge is 2.24. The van der Waals surface area contributed by atoms with Crippen molar-refractivity contribution >= 4 is 21.8 Å². The quantitative estimate of drug-likeness (QED) is 0.928. The molecule has 0 aliphatic carbocycles. The fourth-order valence-electron chi connectivity index (χ4n) is 2.36. The van der Waals surface area contributed by atoms with Gasteiger partial charge < -0.3 is 14.8 Å². The molecule has 0 aromatic carbocycles. The van der Waals surface area contributed by atoms with Crippen molar-refractivity contribution in [3.63, 3.8) is 0 Å². The van der Waals surface area contributed by atoms with Gasteiger partial charge in [-0.3, -0.25) is 4.79 Å². The largest absolute Gasteiger partial charge is 0.342 e. The van der Waals surface area contributed by atoms with E-state index in [1.54, 1.807) is 0 Å². The third kappa shape index (κ3) is 2.95. The maximum atomic E-state index is 12.5. The third-order valence-corrected chi connectivity index (χ3v) is 3.64. The average molecular weight is 314 g/mol. The summed E-state index contributed by atoms with van der Waals surface area (Å²) in [6.45, 7) is 7.57. The number of nitrogens with one attached hydrogen (secondary N) is 1. The lowest BCUT2D eigenvalue weighted by molar-refractivity contribution is 0.0698. The van der Waals surface area contributed by atoms with Crippen LogP contribution in [0.4, 0.5) is 0 Å². The molecule has 1 aromatic rings. The molecule has 1 aliphatic rings. The molecule has 2 rings (SSSR count). The Hall–Kier alpha value is -0.810. The predicted molar refractivity (Wildman–Crippen MR) is 75.8 cm³/mol. The number of piperazine rings is 1. The van der Waals surface area contributed by atoms with Gasteiger partial charge in [0.15, 0.2) is 0 Å². The van der Waals surface area contributed by atoms with Gasteiger partial charge in [0.2, 0.25) is 0 Å². The lowest BCUT2D eigenvalue weighted by Crippen LogP contribution is -2.51. The molecule has 0 radical (unpaired) electrons. The Morgan fingerprint density at radius 3 is 3.06 bits per heavy atom. The molecule has 18 heavy (non-hydrogen) atoms. The summed E-state index contributed by atoms with van der Waals surface area (Å²) in [7, 11) is 0. The van der Waals surface area contributed by atoms with Crippen molar-refractivity contribution in [2.75, 3.05) is 19.6 Å². The fourth-order valence-corrected chi connectivity index (χ4v) is 2.82. The molecular weight excluding hydrogens is 294 g/mol. The Balaban J connectivity index is 2.17. The Morgan fingerprint density at radius 2 is 2.39 bits per heavy atom. The Bertz CT molecular complexity index is 430. The minimum Gasteiger partial charge on any atom is -0.342 e. The standard InChI is InChI=1S/C13H20BrN3O/c1-3-5-16-9-11(14)7-12(16)13(18)17-6-4-15-10(2)8-17/h7,9-10,15H,3-6,8H2,1-2H3/t10-/m0/s1. The van der Waals surface area contributed by atoms with E-state index in [0.717, 1.165) is 42.8 Å². The van der Waals surface area contributed by atoms with Crippen molar-refractivity contribution < 1.29 is 4.79 Å². The fraction of sp³-hybridized carbons (Fsp3) is 0.615. The average Bonchev–Trinajstić information content (AvgIpc) is 2.70. The van der Waals surface area contributed by atoms with Gasteiger partial charge in [0.25, 0.3) is 5.91 Å². The van der Waals surface area contributed by atoms with Gasteiger partial charge in [-0.1, -0.05) is 6.92 Å². The van der Waals surface area contributed by atoms with Gasteiger partial charge in [-0.15, -0.1) is 0 Å². The van der Waals surface area contributed by atoms with Crippen LogP contribution in [0.15, 0.2) is 16.7 Å². The maximum absolute atomic E-state index is 12.5. The molecule has 5 heteroatoms. The van der Waals surface area contributed by atoms with Crippen LogP contribution in [-0.2, 0) is 6.54 Å². The molecule has 1 amide bonds. The second kappa shape index (κ2) is 5.89. The van der Waals surface area contributed by atoms with Crippen LogP contribution in [0.3, 0.4) is 0 Å². The molecule has 0 unspecified atom stereocenters. The number of amides is 1. The monoisotopic (exact) mass is 313 g/mol. The van der Waals surface area contributed by atoms with E-state index in [0.29, 0.717) is 6.04 Å². The molecule has 1 fully saturated rings. The van der Waals surface area contributed by atoms with Crippen molar-refractivity contribution in [3.05, 3.63) is 22.4 Å². The number of hydrogen-bond donors (Lipinski definition) is 1. The number of rotatable bonds is 3. The van der Waals surface area contributed by atoms with E-state index in [9.17, 15) is 4.79 Å². The molecule has 2 heterocycles. The first-order chi connectivity index (χ1) is 8.61. The summed E-state index contributed by atoms with van der Waals surface area (Å²) >= 11 is 3.45. The van der Waals surface area contributed by atoms with Crippen LogP contribution in [0.2, 0.25) is 0 Å². The zero-order valence-electron chi connectivity index (χ0n) is 10.9. The topological polar surface area (TPSA) is 37.3 Å². The van der Waals surface area contributed by atoms with Crippen molar-refractivity contribution in [1.29, 1.82) is 0 Å². The second-order valence-corrected chi connectivity index (χ2v) is 5.76. The number of carbonyl (C=O) groups is 1. The van der Waals surface area contributed by atoms with Gasteiger partial charge in [0.1, 0.15) is 5.69 Å². The molecule has 1 N–H and O–H groups in total. The second-order valence-electron chi connectivity index (χ2n) is 4.84. The summed E-state index contributed by atoms with van der Waals surface area (Å²) in [6, 6.07) is 2.30. The first-order valence-electron chi connectivity index (χ1n) is 6.50. The first kappa shape index (κ1) is 13.6. The van der Waals surface area contributed by atoms with Gasteiger partial charge in [-0.25, -0.2) is 0 Å². The van der Waals surface area contributed by atoms with E-state index in [2.05, 4.69) is 35.1 Å². The van der Waals surface area contributed by atoms with Crippen LogP contribution in [0.25, 0.3) is 0 Å². The Labute approximate surface area is 116 Å². The molecule has 0 spiro atoms. The van der Waals surface area contributed by atoms with Gasteiger partial charge in [0, 0.05) is 42.9 Å². The van der Waals surface area contributed by atoms with Crippen molar-refractivity contribution in [1.82, 2.24) is 14.8 Å². The SMILES string of the molecule is CCCn1cc(Br)cc1C(=O)N1CCN[C@@H](C)C1. The van der Waals surface area contributed by atoms with E-state index in [-0.39, 0.29) is 5.91 Å². The van der Waals surface area contributed by atoms with Crippen LogP contribution in [0.5, 0.6) is 0 Å². The molecule has 1 saturated heterocycles. The number of hydrogen-bond acceptors (Lipinski definition) is 2. The van der Waals surface area contributed by atoms with Gasteiger partial charge >= 0.3 is 0 Å². The van der Waals surface area contributed by atoms with Crippen LogP contribution in [0.1, 0.15) is 30.8 Å². The van der Waals surface area contributed by atoms with E-state index in [1.807, 2.05) is 21.7 Å². The summed E-state index contributed by atoms with van der Waals surface area (Å²) in [5.41, 5.74) is 0.790. The summed E-state index contributed by atoms with van der Waals surface area (Å²) in [6.07, 6.45) is 3.02. The van der Waals surface area contributed by atoms with E-state index < -0.39 is 0 Å². The summed E-state index contributed by atoms with van der Waals surface area (Å²) in [4.78, 5) is 14.5. The molecular formula is C13H20BrN3O. The highest BCUT2D eigenvalue weighted by molar-refractivity contribution is 9.10. The van der Waals surface area contributed by atoms with Crippen molar-refractivity contribution in [2.45, 2.75) is 32.9 Å². The number of carbonyl (C=O) groups excluding carboxylic acids is 1. The zero-order chi connectivity index (χ0) is 13.1. The van der Waals surface area contributed by atoms with Crippen molar-refractivity contribution in [3.8, 4) is 0 Å². The summed E-state index contributed by atoms with van der Waals surface area (Å²) < 4.78 is 3.02. The zero-order valence-corrected chi connectivity index (χ0v) is 12.5. The Morgan fingerprint density at radius 1 is 1.61 bits per heavy atom. The number of nitrogens with zero attached hydrogens (tertiary/aromatic N) is 2. The van der Waals surface area contributed by atoms with E-state index in [1.165, 1.54) is 0 Å². The van der Waals surface area contributed by atoms with Gasteiger partial charge in [-0.05, 0) is 35.3 Å². The maximum Gasteiger partial charge on any atom is 0.270 e. The van der Waals surface area contributed by atoms with Gasteiger partial charge in [-0.2, -0.15) is 0 Å². The van der Waals surface area contributed by atoms with Crippen LogP contribution >= 0.6 is 15.9 Å². The van der Waals surface area contributed by atoms with Gasteiger partial charge in [0.05, 0.1) is 0 Å². The first-order valence-corrected chi connectivity index (χ1v) is 7.29. The molecule has 1 aliphatic heterocycles. The predicted octanol–water partition coefficient (Wildman–Crippen LogP) is 2.09. The molecule has 100 valence electrons.